The molecule has 0 fully saturated rings. The van der Waals surface area contributed by atoms with Crippen LogP contribution in [-0.2, 0) is 18.3 Å². The van der Waals surface area contributed by atoms with Gasteiger partial charge in [-0.3, -0.25) is 8.97 Å². The lowest BCUT2D eigenvalue weighted by Crippen LogP contribution is -2.09. The summed E-state index contributed by atoms with van der Waals surface area (Å²) in [5.74, 6) is -2.08. The van der Waals surface area contributed by atoms with Gasteiger partial charge in [-0.05, 0) is 32.9 Å². The minimum absolute atomic E-state index is 0. The van der Waals surface area contributed by atoms with Crippen molar-refractivity contribution in [1.82, 2.24) is 9.38 Å². The summed E-state index contributed by atoms with van der Waals surface area (Å²) in [6.07, 6.45) is 1.42. The van der Waals surface area contributed by atoms with E-state index in [1.165, 1.54) is 10.6 Å². The zero-order valence-electron chi connectivity index (χ0n) is 14.2. The Kier molecular flexibility index (Phi) is 8.05. The van der Waals surface area contributed by atoms with E-state index in [0.717, 1.165) is 0 Å². The maximum absolute atomic E-state index is 12.8. The molecule has 0 aromatic carbocycles. The lowest BCUT2D eigenvalue weighted by molar-refractivity contribution is 0.0520. The second-order valence-corrected chi connectivity index (χ2v) is 6.86. The zero-order chi connectivity index (χ0) is 17.7. The number of aliphatic hydroxyl groups excluding tert-OH is 1. The van der Waals surface area contributed by atoms with Crippen molar-refractivity contribution in [2.24, 2.45) is 0 Å². The van der Waals surface area contributed by atoms with Gasteiger partial charge in [0, 0.05) is 6.20 Å². The van der Waals surface area contributed by atoms with Crippen molar-refractivity contribution in [3.63, 3.8) is 0 Å². The van der Waals surface area contributed by atoms with Gasteiger partial charge in [0.2, 0.25) is 0 Å². The van der Waals surface area contributed by atoms with Gasteiger partial charge in [-0.25, -0.2) is 9.78 Å². The van der Waals surface area contributed by atoms with Crippen molar-refractivity contribution < 1.29 is 28.3 Å². The quantitative estimate of drug-likeness (QED) is 0.544. The van der Waals surface area contributed by atoms with Crippen LogP contribution in [-0.4, -0.2) is 40.3 Å². The van der Waals surface area contributed by atoms with Crippen LogP contribution in [0.1, 0.15) is 42.8 Å². The van der Waals surface area contributed by atoms with Crippen molar-refractivity contribution in [3.8, 4) is 0 Å². The Bertz CT molecular complexity index is 756. The molecule has 2 aromatic heterocycles. The summed E-state index contributed by atoms with van der Waals surface area (Å²) >= 11 is 0. The molecule has 2 aromatic rings. The number of hydrogen-bond acceptors (Lipinski definition) is 7. The maximum atomic E-state index is 12.8. The monoisotopic (exact) mass is 392 g/mol. The first kappa shape index (κ1) is 21.6. The molecular formula is C15H22ClN2O6P. The van der Waals surface area contributed by atoms with Crippen LogP contribution in [0.4, 0.5) is 0 Å². The lowest BCUT2D eigenvalue weighted by Gasteiger charge is -2.23. The van der Waals surface area contributed by atoms with Gasteiger partial charge in [-0.1, -0.05) is 6.07 Å². The van der Waals surface area contributed by atoms with Crippen LogP contribution in [0.15, 0.2) is 24.4 Å². The number of carbonyl (C=O) groups excluding carboxylic acids is 1. The molecule has 0 saturated carbocycles. The van der Waals surface area contributed by atoms with Crippen LogP contribution in [0.25, 0.3) is 5.65 Å². The van der Waals surface area contributed by atoms with Crippen molar-refractivity contribution >= 4 is 31.6 Å². The Labute approximate surface area is 152 Å². The van der Waals surface area contributed by atoms with Crippen LogP contribution in [0, 0.1) is 0 Å². The van der Waals surface area contributed by atoms with Gasteiger partial charge in [0.1, 0.15) is 5.65 Å². The predicted molar refractivity (Wildman–Crippen MR) is 94.2 cm³/mol. The van der Waals surface area contributed by atoms with Gasteiger partial charge in [0.15, 0.2) is 11.5 Å². The van der Waals surface area contributed by atoms with E-state index in [-0.39, 0.29) is 43.6 Å². The molecule has 10 heteroatoms. The Balaban J connectivity index is 0.00000312. The summed E-state index contributed by atoms with van der Waals surface area (Å²) in [4.78, 5) is 16.0. The minimum atomic E-state index is -3.77. The Morgan fingerprint density at radius 2 is 1.88 bits per heavy atom. The molecule has 0 aliphatic carbocycles. The summed E-state index contributed by atoms with van der Waals surface area (Å²) in [7, 11) is -3.77. The highest BCUT2D eigenvalue weighted by atomic mass is 35.5. The van der Waals surface area contributed by atoms with E-state index in [2.05, 4.69) is 4.98 Å². The number of esters is 1. The van der Waals surface area contributed by atoms with Crippen LogP contribution < -0.4 is 0 Å². The van der Waals surface area contributed by atoms with E-state index < -0.39 is 19.4 Å². The molecule has 2 rings (SSSR count). The number of rotatable bonds is 8. The number of nitrogens with zero attached hydrogens (tertiary/aromatic N) is 2. The standard InChI is InChI=1S/C15H21N2O6P.ClH/c1-4-21-14(18)11-10-17-12(8-7-9-13(17)16-11)15(19)24(20,22-5-2)23-6-3;/h7-10,15,19H,4-6H2,1-3H3;1H. The fraction of sp³-hybridized carbons (Fsp3) is 0.467. The first-order valence-corrected chi connectivity index (χ1v) is 9.30. The Morgan fingerprint density at radius 3 is 2.44 bits per heavy atom. The summed E-state index contributed by atoms with van der Waals surface area (Å²) < 4.78 is 29.5. The molecule has 0 amide bonds. The Hall–Kier alpha value is -1.44. The van der Waals surface area contributed by atoms with Crippen LogP contribution >= 0.6 is 20.0 Å². The second-order valence-electron chi connectivity index (χ2n) is 4.77. The third-order valence-electron chi connectivity index (χ3n) is 3.19. The molecule has 1 N–H and O–H groups in total. The predicted octanol–water partition coefficient (Wildman–Crippen LogP) is 3.19. The number of aromatic nitrogens is 2. The second kappa shape index (κ2) is 9.31. The van der Waals surface area contributed by atoms with Gasteiger partial charge < -0.3 is 18.9 Å². The van der Waals surface area contributed by atoms with Crippen LogP contribution in [0.2, 0.25) is 0 Å². The third kappa shape index (κ3) is 4.59. The molecule has 0 bridgehead atoms. The van der Waals surface area contributed by atoms with E-state index in [9.17, 15) is 14.5 Å². The number of ether oxygens (including phenoxy) is 1. The number of hydrogen-bond donors (Lipinski definition) is 1. The van der Waals surface area contributed by atoms with Gasteiger partial charge in [-0.15, -0.1) is 12.4 Å². The number of carbonyl (C=O) groups is 1. The number of halogens is 1. The molecule has 1 atom stereocenters. The van der Waals surface area contributed by atoms with E-state index in [1.807, 2.05) is 0 Å². The van der Waals surface area contributed by atoms with Gasteiger partial charge >= 0.3 is 13.6 Å². The molecule has 0 aliphatic heterocycles. The van der Waals surface area contributed by atoms with E-state index in [0.29, 0.717) is 5.65 Å². The van der Waals surface area contributed by atoms with Crippen LogP contribution in [0.3, 0.4) is 0 Å². The molecule has 0 radical (unpaired) electrons. The summed E-state index contributed by atoms with van der Waals surface area (Å²) in [6.45, 7) is 5.50. The molecule has 0 spiro atoms. The normalized spacial score (nSPS) is 12.6. The highest BCUT2D eigenvalue weighted by Gasteiger charge is 2.37. The zero-order valence-corrected chi connectivity index (χ0v) is 16.0. The molecule has 0 saturated heterocycles. The number of imidazole rings is 1. The SMILES string of the molecule is CCOC(=O)c1cn2c(C(O)P(=O)(OCC)OCC)cccc2n1.Cl. The largest absolute Gasteiger partial charge is 0.461 e. The van der Waals surface area contributed by atoms with Gasteiger partial charge in [0.05, 0.1) is 25.5 Å². The third-order valence-corrected chi connectivity index (χ3v) is 5.29. The summed E-state index contributed by atoms with van der Waals surface area (Å²) in [5.41, 5.74) is 0.758. The van der Waals surface area contributed by atoms with Gasteiger partial charge in [0.25, 0.3) is 0 Å². The fourth-order valence-electron chi connectivity index (χ4n) is 2.25. The van der Waals surface area contributed by atoms with Crippen LogP contribution in [0.5, 0.6) is 0 Å². The molecule has 2 heterocycles. The fourth-order valence-corrected chi connectivity index (χ4v) is 3.86. The molecule has 8 nitrogen and oxygen atoms in total. The van der Waals surface area contributed by atoms with Crippen molar-refractivity contribution in [1.29, 1.82) is 0 Å². The smallest absolute Gasteiger partial charge is 0.364 e. The number of fused-ring (bicyclic) bond motifs is 1. The molecule has 0 aliphatic rings. The van der Waals surface area contributed by atoms with Gasteiger partial charge in [-0.2, -0.15) is 0 Å². The minimum Gasteiger partial charge on any atom is -0.461 e. The lowest BCUT2D eigenvalue weighted by atomic mass is 10.3. The highest BCUT2D eigenvalue weighted by molar-refractivity contribution is 7.54. The van der Waals surface area contributed by atoms with Crippen molar-refractivity contribution in [2.45, 2.75) is 26.6 Å². The number of aliphatic hydroxyl groups is 1. The average molecular weight is 393 g/mol. The van der Waals surface area contributed by atoms with Crippen molar-refractivity contribution in [3.05, 3.63) is 35.8 Å². The highest BCUT2D eigenvalue weighted by Crippen LogP contribution is 2.59. The van der Waals surface area contributed by atoms with E-state index >= 15 is 0 Å². The summed E-state index contributed by atoms with van der Waals surface area (Å²) in [6, 6.07) is 4.86. The summed E-state index contributed by atoms with van der Waals surface area (Å²) in [5, 5.41) is 10.6. The van der Waals surface area contributed by atoms with E-state index in [1.54, 1.807) is 39.0 Å². The molecule has 140 valence electrons. The first-order valence-electron chi connectivity index (χ1n) is 7.68. The van der Waals surface area contributed by atoms with Crippen molar-refractivity contribution in [2.75, 3.05) is 19.8 Å². The first-order chi connectivity index (χ1) is 11.5. The molecule has 25 heavy (non-hydrogen) atoms. The molecular weight excluding hydrogens is 371 g/mol. The number of pyridine rings is 1. The topological polar surface area (TPSA) is 99.4 Å². The average Bonchev–Trinajstić information content (AvgIpc) is 2.99. The molecule has 1 unspecified atom stereocenters. The Morgan fingerprint density at radius 1 is 1.24 bits per heavy atom. The van der Waals surface area contributed by atoms with E-state index in [4.69, 9.17) is 13.8 Å². The maximum Gasteiger partial charge on any atom is 0.364 e.